The molecule has 1 unspecified atom stereocenters. The van der Waals surface area contributed by atoms with Crippen molar-refractivity contribution in [2.75, 3.05) is 37.5 Å². The summed E-state index contributed by atoms with van der Waals surface area (Å²) in [5.41, 5.74) is 2.36. The Kier molecular flexibility index (Phi) is 8.65. The maximum Gasteiger partial charge on any atom is 0.416 e. The number of anilines is 2. The second kappa shape index (κ2) is 10.8. The molecule has 0 bridgehead atoms. The number of nitrogens with one attached hydrogen (secondary N) is 1. The predicted octanol–water partition coefficient (Wildman–Crippen LogP) is 7.37. The van der Waals surface area contributed by atoms with Crippen LogP contribution in [-0.4, -0.2) is 27.2 Å². The van der Waals surface area contributed by atoms with E-state index < -0.39 is 17.2 Å². The molecule has 6 heteroatoms. The van der Waals surface area contributed by atoms with Crippen LogP contribution in [0.25, 0.3) is 6.08 Å². The molecule has 0 aliphatic carbocycles. The van der Waals surface area contributed by atoms with Crippen LogP contribution in [0.3, 0.4) is 0 Å². The van der Waals surface area contributed by atoms with Crippen LogP contribution in [-0.2, 0) is 11.6 Å². The van der Waals surface area contributed by atoms with Crippen LogP contribution in [0.15, 0.2) is 42.5 Å². The first kappa shape index (κ1) is 25.6. The molecule has 0 saturated heterocycles. The van der Waals surface area contributed by atoms with Crippen molar-refractivity contribution < 1.29 is 17.9 Å². The van der Waals surface area contributed by atoms with Gasteiger partial charge in [0, 0.05) is 43.1 Å². The summed E-state index contributed by atoms with van der Waals surface area (Å²) in [4.78, 5) is 2.25. The van der Waals surface area contributed by atoms with E-state index >= 15 is 0 Å². The number of nitrogens with zero attached hydrogens (tertiary/aromatic N) is 1. The molecule has 0 heterocycles. The average molecular weight is 449 g/mol. The Morgan fingerprint density at radius 1 is 1.03 bits per heavy atom. The highest BCUT2D eigenvalue weighted by molar-refractivity contribution is 5.64. The first-order valence-corrected chi connectivity index (χ1v) is 11.1. The molecule has 3 nitrogen and oxygen atoms in total. The topological polar surface area (TPSA) is 24.5 Å². The number of hydrogen-bond acceptors (Lipinski definition) is 3. The van der Waals surface area contributed by atoms with Gasteiger partial charge in [-0.1, -0.05) is 26.0 Å². The van der Waals surface area contributed by atoms with Gasteiger partial charge >= 0.3 is 6.18 Å². The van der Waals surface area contributed by atoms with Crippen LogP contribution in [0.5, 0.6) is 5.75 Å². The van der Waals surface area contributed by atoms with Gasteiger partial charge in [-0.15, -0.1) is 0 Å². The molecule has 0 saturated carbocycles. The number of rotatable bonds is 10. The Balaban J connectivity index is 2.35. The van der Waals surface area contributed by atoms with E-state index in [1.807, 2.05) is 38.1 Å². The van der Waals surface area contributed by atoms with Crippen LogP contribution in [0.4, 0.5) is 24.5 Å². The highest BCUT2D eigenvalue weighted by Gasteiger charge is 2.34. The normalized spacial score (nSPS) is 13.8. The highest BCUT2D eigenvalue weighted by Crippen LogP contribution is 2.40. The molecular weight excluding hydrogens is 413 g/mol. The van der Waals surface area contributed by atoms with E-state index in [1.54, 1.807) is 14.2 Å². The summed E-state index contributed by atoms with van der Waals surface area (Å²) in [5, 5.41) is 3.05. The smallest absolute Gasteiger partial charge is 0.416 e. The number of allylic oxidation sites excluding steroid dienone is 1. The molecule has 32 heavy (non-hydrogen) atoms. The van der Waals surface area contributed by atoms with E-state index in [4.69, 9.17) is 4.74 Å². The fourth-order valence-corrected chi connectivity index (χ4v) is 3.95. The van der Waals surface area contributed by atoms with Gasteiger partial charge < -0.3 is 15.0 Å². The number of alkyl halides is 3. The number of halogens is 3. The third kappa shape index (κ3) is 5.78. The van der Waals surface area contributed by atoms with Crippen LogP contribution in [0.1, 0.15) is 57.2 Å². The second-order valence-electron chi connectivity index (χ2n) is 8.13. The van der Waals surface area contributed by atoms with Crippen molar-refractivity contribution in [1.82, 2.24) is 0 Å². The standard InChI is InChI=1S/C26H35F3N2O/c1-7-25(4,22-17-20(26(27,28)29)13-15-23(22)30-5)16-10-11-19-12-14-21(18-24(19)32-6)31(8-2)9-3/h10-15,17-18,30H,7-9,16H2,1-6H3/b11-10+. The van der Waals surface area contributed by atoms with E-state index in [-0.39, 0.29) is 0 Å². The van der Waals surface area contributed by atoms with Crippen LogP contribution < -0.4 is 15.0 Å². The number of hydrogen-bond donors (Lipinski definition) is 1. The van der Waals surface area contributed by atoms with E-state index in [9.17, 15) is 13.2 Å². The van der Waals surface area contributed by atoms with Gasteiger partial charge in [-0.2, -0.15) is 13.2 Å². The third-order valence-electron chi connectivity index (χ3n) is 6.26. The average Bonchev–Trinajstić information content (AvgIpc) is 2.79. The van der Waals surface area contributed by atoms with Gasteiger partial charge in [-0.05, 0) is 68.0 Å². The molecule has 0 radical (unpaired) electrons. The second-order valence-corrected chi connectivity index (χ2v) is 8.13. The largest absolute Gasteiger partial charge is 0.496 e. The molecule has 1 N–H and O–H groups in total. The zero-order valence-corrected chi connectivity index (χ0v) is 19.9. The molecule has 176 valence electrons. The van der Waals surface area contributed by atoms with E-state index in [0.717, 1.165) is 41.8 Å². The van der Waals surface area contributed by atoms with Crippen LogP contribution >= 0.6 is 0 Å². The lowest BCUT2D eigenvalue weighted by Crippen LogP contribution is -2.22. The van der Waals surface area contributed by atoms with Gasteiger partial charge in [0.1, 0.15) is 5.75 Å². The molecule has 0 aliphatic heterocycles. The fourth-order valence-electron chi connectivity index (χ4n) is 3.95. The molecule has 2 aromatic rings. The van der Waals surface area contributed by atoms with Crippen molar-refractivity contribution in [1.29, 1.82) is 0 Å². The fraction of sp³-hybridized carbons (Fsp3) is 0.462. The van der Waals surface area contributed by atoms with E-state index in [2.05, 4.69) is 30.1 Å². The van der Waals surface area contributed by atoms with Gasteiger partial charge in [0.25, 0.3) is 0 Å². The zero-order valence-electron chi connectivity index (χ0n) is 19.9. The summed E-state index contributed by atoms with van der Waals surface area (Å²) in [5.74, 6) is 0.777. The lowest BCUT2D eigenvalue weighted by Gasteiger charge is -2.31. The van der Waals surface area contributed by atoms with Gasteiger partial charge in [0.05, 0.1) is 12.7 Å². The van der Waals surface area contributed by atoms with Crippen molar-refractivity contribution in [3.8, 4) is 5.75 Å². The molecule has 0 amide bonds. The van der Waals surface area contributed by atoms with Crippen molar-refractivity contribution in [3.63, 3.8) is 0 Å². The molecular formula is C26H35F3N2O. The van der Waals surface area contributed by atoms with Gasteiger partial charge in [-0.25, -0.2) is 0 Å². The monoisotopic (exact) mass is 448 g/mol. The highest BCUT2D eigenvalue weighted by atomic mass is 19.4. The Morgan fingerprint density at radius 3 is 2.25 bits per heavy atom. The SMILES string of the molecule is CCN(CC)c1ccc(/C=C/CC(C)(CC)c2cc(C(F)(F)F)ccc2NC)c(OC)c1. The maximum atomic E-state index is 13.3. The minimum Gasteiger partial charge on any atom is -0.496 e. The summed E-state index contributed by atoms with van der Waals surface area (Å²) < 4.78 is 45.6. The Bertz CT molecular complexity index is 920. The summed E-state index contributed by atoms with van der Waals surface area (Å²) in [6, 6.07) is 10.0. The summed E-state index contributed by atoms with van der Waals surface area (Å²) in [7, 11) is 3.39. The number of benzene rings is 2. The molecule has 2 aromatic carbocycles. The first-order chi connectivity index (χ1) is 15.1. The van der Waals surface area contributed by atoms with Crippen LogP contribution in [0.2, 0.25) is 0 Å². The molecule has 0 fully saturated rings. The minimum absolute atomic E-state index is 0.454. The third-order valence-corrected chi connectivity index (χ3v) is 6.26. The summed E-state index contributed by atoms with van der Waals surface area (Å²) in [6.45, 7) is 10.1. The van der Waals surface area contributed by atoms with Crippen molar-refractivity contribution in [3.05, 3.63) is 59.2 Å². The molecule has 0 aromatic heterocycles. The van der Waals surface area contributed by atoms with Gasteiger partial charge in [-0.3, -0.25) is 0 Å². The maximum absolute atomic E-state index is 13.3. The van der Waals surface area contributed by atoms with Gasteiger partial charge in [0.2, 0.25) is 0 Å². The van der Waals surface area contributed by atoms with Gasteiger partial charge in [0.15, 0.2) is 0 Å². The van der Waals surface area contributed by atoms with Crippen LogP contribution in [0, 0.1) is 0 Å². The molecule has 2 rings (SSSR count). The van der Waals surface area contributed by atoms with Crippen molar-refractivity contribution in [2.45, 2.75) is 52.1 Å². The first-order valence-electron chi connectivity index (χ1n) is 11.1. The van der Waals surface area contributed by atoms with Crippen molar-refractivity contribution >= 4 is 17.5 Å². The molecule has 0 spiro atoms. The van der Waals surface area contributed by atoms with E-state index in [0.29, 0.717) is 18.4 Å². The Hall–Kier alpha value is -2.63. The lowest BCUT2D eigenvalue weighted by atomic mass is 9.75. The Labute approximate surface area is 190 Å². The number of methoxy groups -OCH3 is 1. The van der Waals surface area contributed by atoms with Crippen molar-refractivity contribution in [2.24, 2.45) is 0 Å². The lowest BCUT2D eigenvalue weighted by molar-refractivity contribution is -0.137. The quantitative estimate of drug-likeness (QED) is 0.411. The molecule has 1 atom stereocenters. The Morgan fingerprint density at radius 2 is 1.72 bits per heavy atom. The number of ether oxygens (including phenoxy) is 1. The predicted molar refractivity (Wildman–Crippen MR) is 129 cm³/mol. The summed E-state index contributed by atoms with van der Waals surface area (Å²) >= 11 is 0. The molecule has 0 aliphatic rings. The summed E-state index contributed by atoms with van der Waals surface area (Å²) in [6.07, 6.45) is 0.945. The minimum atomic E-state index is -4.37. The zero-order chi connectivity index (χ0) is 23.9. The van der Waals surface area contributed by atoms with E-state index in [1.165, 1.54) is 12.1 Å².